The van der Waals surface area contributed by atoms with Crippen LogP contribution in [0.2, 0.25) is 0 Å². The molecule has 3 fully saturated rings. The summed E-state index contributed by atoms with van der Waals surface area (Å²) in [4.78, 5) is 0. The fourth-order valence-electron chi connectivity index (χ4n) is 3.11. The minimum absolute atomic E-state index is 0.805. The van der Waals surface area contributed by atoms with Gasteiger partial charge in [0.1, 0.15) is 0 Å². The van der Waals surface area contributed by atoms with Crippen molar-refractivity contribution in [3.63, 3.8) is 0 Å². The topological polar surface area (TPSA) is 0 Å². The molecule has 0 radical (unpaired) electrons. The first kappa shape index (κ1) is 5.76. The van der Waals surface area contributed by atoms with Crippen LogP contribution in [0.3, 0.4) is 0 Å². The highest BCUT2D eigenvalue weighted by Gasteiger charge is 2.52. The Hall–Kier alpha value is 0. The molecule has 0 nitrogen and oxygen atoms in total. The number of fused-ring (bicyclic) bond motifs is 1. The van der Waals surface area contributed by atoms with Gasteiger partial charge in [0, 0.05) is 0 Å². The molecule has 3 aliphatic rings. The zero-order valence-corrected chi connectivity index (χ0v) is 6.48. The molecule has 2 bridgehead atoms. The van der Waals surface area contributed by atoms with E-state index in [-0.39, 0.29) is 0 Å². The summed E-state index contributed by atoms with van der Waals surface area (Å²) in [6, 6.07) is 0. The van der Waals surface area contributed by atoms with E-state index in [2.05, 4.69) is 13.8 Å². The summed E-state index contributed by atoms with van der Waals surface area (Å²) in [7, 11) is 0. The standard InChI is InChI=1S/C9H16/c1-3-8-4-7-5-9(8,2)6-7/h7-8H,3-6H2,1-2H3. The first-order valence-corrected chi connectivity index (χ1v) is 4.24. The molecule has 0 aromatic carbocycles. The van der Waals surface area contributed by atoms with E-state index in [1.807, 2.05) is 0 Å². The fourth-order valence-corrected chi connectivity index (χ4v) is 3.11. The lowest BCUT2D eigenvalue weighted by atomic mass is 9.68. The third kappa shape index (κ3) is 0.595. The largest absolute Gasteiger partial charge is 0.0651 e. The molecule has 0 aromatic heterocycles. The lowest BCUT2D eigenvalue weighted by Crippen LogP contribution is -2.27. The van der Waals surface area contributed by atoms with Crippen LogP contribution in [0, 0.1) is 17.3 Å². The first-order valence-electron chi connectivity index (χ1n) is 4.24. The Morgan fingerprint density at radius 3 is 2.33 bits per heavy atom. The third-order valence-electron chi connectivity index (χ3n) is 3.61. The predicted molar refractivity (Wildman–Crippen MR) is 39.2 cm³/mol. The minimum Gasteiger partial charge on any atom is -0.0651 e. The molecule has 3 aliphatic carbocycles. The van der Waals surface area contributed by atoms with Crippen LogP contribution in [0.25, 0.3) is 0 Å². The van der Waals surface area contributed by atoms with E-state index in [1.54, 1.807) is 19.3 Å². The Morgan fingerprint density at radius 2 is 2.11 bits per heavy atom. The van der Waals surface area contributed by atoms with Crippen molar-refractivity contribution in [3.05, 3.63) is 0 Å². The Kier molecular flexibility index (Phi) is 0.980. The van der Waals surface area contributed by atoms with Gasteiger partial charge in [-0.05, 0) is 36.5 Å². The summed E-state index contributed by atoms with van der Waals surface area (Å²) in [6.07, 6.45) is 6.07. The van der Waals surface area contributed by atoms with E-state index in [4.69, 9.17) is 0 Å². The van der Waals surface area contributed by atoms with Gasteiger partial charge in [-0.3, -0.25) is 0 Å². The molecule has 0 spiro atoms. The van der Waals surface area contributed by atoms with Crippen LogP contribution in [0.1, 0.15) is 39.5 Å². The van der Waals surface area contributed by atoms with Gasteiger partial charge in [0.2, 0.25) is 0 Å². The van der Waals surface area contributed by atoms with Crippen LogP contribution in [-0.2, 0) is 0 Å². The van der Waals surface area contributed by atoms with E-state index in [9.17, 15) is 0 Å². The van der Waals surface area contributed by atoms with Crippen molar-refractivity contribution < 1.29 is 0 Å². The van der Waals surface area contributed by atoms with Crippen molar-refractivity contribution in [2.24, 2.45) is 17.3 Å². The van der Waals surface area contributed by atoms with Gasteiger partial charge in [0.05, 0.1) is 0 Å². The van der Waals surface area contributed by atoms with Gasteiger partial charge in [0.15, 0.2) is 0 Å². The highest BCUT2D eigenvalue weighted by atomic mass is 14.6. The Morgan fingerprint density at radius 1 is 1.44 bits per heavy atom. The number of hydrogen-bond donors (Lipinski definition) is 0. The molecule has 3 rings (SSSR count). The average molecular weight is 124 g/mol. The number of hydrogen-bond acceptors (Lipinski definition) is 0. The van der Waals surface area contributed by atoms with E-state index in [0.29, 0.717) is 0 Å². The molecule has 0 amide bonds. The second kappa shape index (κ2) is 1.53. The van der Waals surface area contributed by atoms with Crippen molar-refractivity contribution in [2.45, 2.75) is 39.5 Å². The zero-order valence-electron chi connectivity index (χ0n) is 6.48. The third-order valence-corrected chi connectivity index (χ3v) is 3.61. The van der Waals surface area contributed by atoms with Gasteiger partial charge >= 0.3 is 0 Å². The number of rotatable bonds is 1. The van der Waals surface area contributed by atoms with Crippen molar-refractivity contribution in [3.8, 4) is 0 Å². The van der Waals surface area contributed by atoms with E-state index in [1.165, 1.54) is 6.42 Å². The molecule has 52 valence electrons. The highest BCUT2D eigenvalue weighted by Crippen LogP contribution is 2.62. The van der Waals surface area contributed by atoms with Gasteiger partial charge in [-0.2, -0.15) is 0 Å². The van der Waals surface area contributed by atoms with E-state index >= 15 is 0 Å². The van der Waals surface area contributed by atoms with Crippen LogP contribution < -0.4 is 0 Å². The first-order chi connectivity index (χ1) is 4.24. The monoisotopic (exact) mass is 124 g/mol. The van der Waals surface area contributed by atoms with Crippen LogP contribution in [0.15, 0.2) is 0 Å². The Balaban J connectivity index is 2.11. The molecule has 0 heteroatoms. The maximum Gasteiger partial charge on any atom is -0.0292 e. The quantitative estimate of drug-likeness (QED) is 0.504. The minimum atomic E-state index is 0.805. The summed E-state index contributed by atoms with van der Waals surface area (Å²) < 4.78 is 0. The molecule has 0 saturated heterocycles. The van der Waals surface area contributed by atoms with E-state index < -0.39 is 0 Å². The van der Waals surface area contributed by atoms with Crippen molar-refractivity contribution in [1.29, 1.82) is 0 Å². The maximum atomic E-state index is 2.48. The van der Waals surface area contributed by atoms with Crippen molar-refractivity contribution in [1.82, 2.24) is 0 Å². The fraction of sp³-hybridized carbons (Fsp3) is 1.00. The van der Waals surface area contributed by atoms with Gasteiger partial charge in [-0.15, -0.1) is 0 Å². The smallest absolute Gasteiger partial charge is 0.0292 e. The van der Waals surface area contributed by atoms with Crippen LogP contribution in [0.4, 0.5) is 0 Å². The van der Waals surface area contributed by atoms with Gasteiger partial charge < -0.3 is 0 Å². The summed E-state index contributed by atoms with van der Waals surface area (Å²) >= 11 is 0. The average Bonchev–Trinajstić information content (AvgIpc) is 2.18. The molecule has 0 aromatic rings. The normalized spacial score (nSPS) is 55.3. The Labute approximate surface area is 57.6 Å². The lowest BCUT2D eigenvalue weighted by molar-refractivity contribution is 0.129. The summed E-state index contributed by atoms with van der Waals surface area (Å²) in [6.45, 7) is 4.82. The summed E-state index contributed by atoms with van der Waals surface area (Å²) in [5, 5.41) is 0. The predicted octanol–water partition coefficient (Wildman–Crippen LogP) is 2.83. The molecule has 1 atom stereocenters. The highest BCUT2D eigenvalue weighted by molar-refractivity contribution is 5.02. The van der Waals surface area contributed by atoms with Gasteiger partial charge in [0.25, 0.3) is 0 Å². The van der Waals surface area contributed by atoms with Gasteiger partial charge in [-0.1, -0.05) is 20.3 Å². The Bertz CT molecular complexity index is 120. The second-order valence-electron chi connectivity index (χ2n) is 4.27. The SMILES string of the molecule is CCC1CC2CC1(C)C2. The molecule has 0 aliphatic heterocycles. The van der Waals surface area contributed by atoms with Gasteiger partial charge in [-0.25, -0.2) is 0 Å². The summed E-state index contributed by atoms with van der Waals surface area (Å²) in [5.41, 5.74) is 0.805. The van der Waals surface area contributed by atoms with Crippen LogP contribution in [-0.4, -0.2) is 0 Å². The molecular weight excluding hydrogens is 108 g/mol. The molecule has 9 heavy (non-hydrogen) atoms. The maximum absolute atomic E-state index is 2.48. The molecule has 3 saturated carbocycles. The molecule has 1 unspecified atom stereocenters. The molecule has 0 heterocycles. The molecular formula is C9H16. The second-order valence-corrected chi connectivity index (χ2v) is 4.27. The van der Waals surface area contributed by atoms with Crippen molar-refractivity contribution >= 4 is 0 Å². The molecule has 0 N–H and O–H groups in total. The summed E-state index contributed by atoms with van der Waals surface area (Å²) in [5.74, 6) is 2.22. The van der Waals surface area contributed by atoms with Crippen LogP contribution in [0.5, 0.6) is 0 Å². The lowest BCUT2D eigenvalue weighted by Gasteiger charge is -2.37. The van der Waals surface area contributed by atoms with Crippen molar-refractivity contribution in [2.75, 3.05) is 0 Å². The zero-order chi connectivity index (χ0) is 6.48. The van der Waals surface area contributed by atoms with Crippen LogP contribution >= 0.6 is 0 Å². The van der Waals surface area contributed by atoms with E-state index in [0.717, 1.165) is 17.3 Å².